The van der Waals surface area contributed by atoms with Crippen molar-refractivity contribution in [3.63, 3.8) is 0 Å². The van der Waals surface area contributed by atoms with Crippen molar-refractivity contribution in [2.75, 3.05) is 19.1 Å². The minimum atomic E-state index is -3.31. The normalized spacial score (nSPS) is 14.1. The van der Waals surface area contributed by atoms with Gasteiger partial charge in [0, 0.05) is 18.1 Å². The summed E-state index contributed by atoms with van der Waals surface area (Å²) < 4.78 is 21.7. The molecule has 0 amide bonds. The van der Waals surface area contributed by atoms with Crippen molar-refractivity contribution in [1.29, 1.82) is 0 Å². The second-order valence-corrected chi connectivity index (χ2v) is 5.37. The van der Waals surface area contributed by atoms with Crippen LogP contribution in [0, 0.1) is 0 Å². The van der Waals surface area contributed by atoms with Crippen LogP contribution >= 0.6 is 19.2 Å². The molecule has 0 aromatic rings. The van der Waals surface area contributed by atoms with E-state index in [2.05, 4.69) is 13.2 Å². The van der Waals surface area contributed by atoms with Gasteiger partial charge in [0.25, 0.3) is 0 Å². The van der Waals surface area contributed by atoms with Gasteiger partial charge in [-0.25, -0.2) is 0 Å². The summed E-state index contributed by atoms with van der Waals surface area (Å²) in [6, 6.07) is 0. The van der Waals surface area contributed by atoms with Gasteiger partial charge in [0.05, 0.1) is 13.2 Å². The minimum absolute atomic E-state index is 0.0112. The van der Waals surface area contributed by atoms with Gasteiger partial charge in [0.1, 0.15) is 0 Å². The molecule has 0 rings (SSSR count). The van der Waals surface area contributed by atoms with Gasteiger partial charge in [-0.05, 0) is 12.5 Å². The second-order valence-electron chi connectivity index (χ2n) is 3.03. The molecule has 0 aromatic carbocycles. The number of allylic oxidation sites excluding steroid dienone is 1. The maximum Gasteiger partial charge on any atom is 0.353 e. The monoisotopic (exact) mass is 266 g/mol. The van der Waals surface area contributed by atoms with Crippen LogP contribution < -0.4 is 0 Å². The molecule has 0 aliphatic rings. The number of carbonyl (C=O) groups excluding carboxylic acids is 1. The summed E-state index contributed by atoms with van der Waals surface area (Å²) >= 11 is 5.39. The quantitative estimate of drug-likeness (QED) is 0.365. The van der Waals surface area contributed by atoms with Gasteiger partial charge in [-0.3, -0.25) is 9.36 Å². The first kappa shape index (κ1) is 15.6. The third-order valence-electron chi connectivity index (χ3n) is 1.65. The molecule has 0 aliphatic heterocycles. The van der Waals surface area contributed by atoms with E-state index >= 15 is 0 Å². The van der Waals surface area contributed by atoms with E-state index in [1.54, 1.807) is 6.92 Å². The van der Waals surface area contributed by atoms with Gasteiger partial charge in [-0.15, -0.1) is 11.6 Å². The molecule has 92 valence electrons. The fraction of sp³-hybridized carbons (Fsp3) is 0.500. The average Bonchev–Trinajstić information content (AvgIpc) is 2.26. The minimum Gasteiger partial charge on any atom is -0.305 e. The van der Waals surface area contributed by atoms with E-state index < -0.39 is 7.60 Å². The van der Waals surface area contributed by atoms with Crippen molar-refractivity contribution in [1.82, 2.24) is 0 Å². The molecule has 6 heteroatoms. The molecule has 0 saturated carbocycles. The van der Waals surface area contributed by atoms with Crippen LogP contribution in [0.1, 0.15) is 13.3 Å². The van der Waals surface area contributed by atoms with Crippen molar-refractivity contribution >= 4 is 25.0 Å². The number of halogens is 1. The summed E-state index contributed by atoms with van der Waals surface area (Å²) in [4.78, 5) is 11.2. The second kappa shape index (κ2) is 7.80. The number of ketones is 1. The highest BCUT2D eigenvalue weighted by Crippen LogP contribution is 2.49. The van der Waals surface area contributed by atoms with Crippen LogP contribution in [0.3, 0.4) is 0 Å². The zero-order valence-electron chi connectivity index (χ0n) is 9.28. The Morgan fingerprint density at radius 2 is 2.00 bits per heavy atom. The molecule has 0 radical (unpaired) electrons. The SMILES string of the molecule is C=CP(=O)(OCCCl)OCCC(=O)C(=C)C. The van der Waals surface area contributed by atoms with Crippen LogP contribution in [0.4, 0.5) is 0 Å². The van der Waals surface area contributed by atoms with E-state index in [0.717, 1.165) is 5.82 Å². The molecule has 1 unspecified atom stereocenters. The molecule has 0 aliphatic carbocycles. The van der Waals surface area contributed by atoms with E-state index in [9.17, 15) is 9.36 Å². The van der Waals surface area contributed by atoms with E-state index in [4.69, 9.17) is 20.6 Å². The average molecular weight is 267 g/mol. The lowest BCUT2D eigenvalue weighted by molar-refractivity contribution is -0.115. The zero-order valence-corrected chi connectivity index (χ0v) is 10.9. The van der Waals surface area contributed by atoms with Crippen LogP contribution in [0.25, 0.3) is 0 Å². The van der Waals surface area contributed by atoms with Gasteiger partial charge >= 0.3 is 7.60 Å². The molecule has 16 heavy (non-hydrogen) atoms. The van der Waals surface area contributed by atoms with Crippen LogP contribution in [0.5, 0.6) is 0 Å². The first-order valence-electron chi connectivity index (χ1n) is 4.72. The van der Waals surface area contributed by atoms with E-state index in [0.29, 0.717) is 5.57 Å². The van der Waals surface area contributed by atoms with Gasteiger partial charge in [-0.2, -0.15) is 0 Å². The van der Waals surface area contributed by atoms with Crippen LogP contribution in [-0.2, 0) is 18.4 Å². The van der Waals surface area contributed by atoms with Gasteiger partial charge in [0.15, 0.2) is 5.78 Å². The Labute approximate surface area is 101 Å². The lowest BCUT2D eigenvalue weighted by Gasteiger charge is -2.13. The maximum absolute atomic E-state index is 11.7. The number of Topliss-reactive ketones (excluding diaryl/α,β-unsaturated/α-hetero) is 1. The standard InChI is InChI=1S/C10H16ClO4P/c1-4-16(13,15-8-6-11)14-7-5-10(12)9(2)3/h4H,1-2,5-8H2,3H3. The summed E-state index contributed by atoms with van der Waals surface area (Å²) in [5.41, 5.74) is 0.443. The molecule has 4 nitrogen and oxygen atoms in total. The molecule has 0 N–H and O–H groups in total. The largest absolute Gasteiger partial charge is 0.353 e. The van der Waals surface area contributed by atoms with E-state index in [1.807, 2.05) is 0 Å². The number of hydrogen-bond acceptors (Lipinski definition) is 4. The third kappa shape index (κ3) is 6.23. The Hall–Kier alpha value is -0.410. The van der Waals surface area contributed by atoms with Crippen LogP contribution in [0.15, 0.2) is 24.5 Å². The highest BCUT2D eigenvalue weighted by atomic mass is 35.5. The molecule has 0 saturated heterocycles. The first-order valence-corrected chi connectivity index (χ1v) is 6.87. The Kier molecular flexibility index (Phi) is 7.60. The summed E-state index contributed by atoms with van der Waals surface area (Å²) in [5.74, 6) is 1.18. The Balaban J connectivity index is 4.05. The molecule has 0 bridgehead atoms. The lowest BCUT2D eigenvalue weighted by atomic mass is 10.2. The van der Waals surface area contributed by atoms with Gasteiger partial charge in [-0.1, -0.05) is 13.2 Å². The van der Waals surface area contributed by atoms with Gasteiger partial charge in [0.2, 0.25) is 0 Å². The van der Waals surface area contributed by atoms with Crippen LogP contribution in [-0.4, -0.2) is 24.9 Å². The number of alkyl halides is 1. The summed E-state index contributed by atoms with van der Waals surface area (Å²) in [5, 5.41) is 0. The number of rotatable bonds is 9. The lowest BCUT2D eigenvalue weighted by Crippen LogP contribution is -2.05. The summed E-state index contributed by atoms with van der Waals surface area (Å²) in [7, 11) is -3.31. The van der Waals surface area contributed by atoms with E-state index in [1.165, 1.54) is 0 Å². The highest BCUT2D eigenvalue weighted by Gasteiger charge is 2.19. The molecule has 0 aromatic heterocycles. The Morgan fingerprint density at radius 3 is 2.44 bits per heavy atom. The van der Waals surface area contributed by atoms with Crippen molar-refractivity contribution in [2.45, 2.75) is 13.3 Å². The van der Waals surface area contributed by atoms with Crippen molar-refractivity contribution in [3.05, 3.63) is 24.5 Å². The Morgan fingerprint density at radius 1 is 1.44 bits per heavy atom. The van der Waals surface area contributed by atoms with Crippen molar-refractivity contribution in [2.24, 2.45) is 0 Å². The first-order chi connectivity index (χ1) is 7.45. The summed E-state index contributed by atoms with van der Waals surface area (Å²) in [6.07, 6.45) is 0.122. The van der Waals surface area contributed by atoms with E-state index in [-0.39, 0.29) is 31.3 Å². The predicted molar refractivity (Wildman–Crippen MR) is 64.9 cm³/mol. The molecule has 0 heterocycles. The third-order valence-corrected chi connectivity index (χ3v) is 3.33. The molecule has 0 spiro atoms. The molecule has 1 atom stereocenters. The number of carbonyl (C=O) groups is 1. The number of hydrogen-bond donors (Lipinski definition) is 0. The maximum atomic E-state index is 11.7. The highest BCUT2D eigenvalue weighted by molar-refractivity contribution is 7.57. The van der Waals surface area contributed by atoms with Crippen molar-refractivity contribution < 1.29 is 18.4 Å². The fourth-order valence-electron chi connectivity index (χ4n) is 0.783. The van der Waals surface area contributed by atoms with Crippen LogP contribution in [0.2, 0.25) is 0 Å². The Bertz CT molecular complexity index is 314. The van der Waals surface area contributed by atoms with Gasteiger partial charge < -0.3 is 9.05 Å². The molecule has 0 fully saturated rings. The molecular weight excluding hydrogens is 251 g/mol. The summed E-state index contributed by atoms with van der Waals surface area (Å²) in [6.45, 7) is 8.59. The molecular formula is C10H16ClO4P. The zero-order chi connectivity index (χ0) is 12.6. The predicted octanol–water partition coefficient (Wildman–Crippen LogP) is 3.13. The smallest absolute Gasteiger partial charge is 0.305 e. The van der Waals surface area contributed by atoms with Crippen molar-refractivity contribution in [3.8, 4) is 0 Å². The topological polar surface area (TPSA) is 52.6 Å². The fourth-order valence-corrected chi connectivity index (χ4v) is 1.95.